The zero-order valence-corrected chi connectivity index (χ0v) is 22.2. The monoisotopic (exact) mass is 495 g/mol. The van der Waals surface area contributed by atoms with Gasteiger partial charge in [-0.05, 0) is 67.9 Å². The molecule has 0 spiro atoms. The molecule has 0 bridgehead atoms. The summed E-state index contributed by atoms with van der Waals surface area (Å²) in [5.74, 6) is 0.0174. The van der Waals surface area contributed by atoms with Crippen molar-refractivity contribution in [2.75, 3.05) is 13.2 Å². The Kier molecular flexibility index (Phi) is 6.73. The lowest BCUT2D eigenvalue weighted by Crippen LogP contribution is -2.41. The molecule has 0 saturated carbocycles. The van der Waals surface area contributed by atoms with Crippen molar-refractivity contribution in [3.63, 3.8) is 0 Å². The van der Waals surface area contributed by atoms with Crippen LogP contribution in [0.4, 0.5) is 4.79 Å². The fourth-order valence-electron chi connectivity index (χ4n) is 4.90. The Morgan fingerprint density at radius 3 is 2.00 bits per heavy atom. The number of hydrogen-bond donors (Lipinski definition) is 1. The lowest BCUT2D eigenvalue weighted by Gasteiger charge is -2.32. The molecule has 0 aromatic heterocycles. The number of carbonyl (C=O) groups is 1. The number of carbonyl (C=O) groups excluding carboxylic acids is 1. The smallest absolute Gasteiger partial charge is 0.449 e. The molecule has 3 aromatic rings. The third-order valence-electron chi connectivity index (χ3n) is 7.77. The van der Waals surface area contributed by atoms with Gasteiger partial charge < -0.3 is 19.4 Å². The fourth-order valence-corrected chi connectivity index (χ4v) is 4.90. The summed E-state index contributed by atoms with van der Waals surface area (Å²) in [5.41, 5.74) is 6.86. The van der Waals surface area contributed by atoms with E-state index in [2.05, 4.69) is 48.6 Å². The first kappa shape index (κ1) is 25.3. The minimum Gasteiger partial charge on any atom is -0.449 e. The highest BCUT2D eigenvalue weighted by molar-refractivity contribution is 6.56. The highest BCUT2D eigenvalue weighted by Gasteiger charge is 2.52. The van der Waals surface area contributed by atoms with Crippen molar-refractivity contribution in [2.45, 2.75) is 51.7 Å². The highest BCUT2D eigenvalue weighted by atomic mass is 16.7. The summed E-state index contributed by atoms with van der Waals surface area (Å²) in [6.45, 7) is 10.7. The number of benzene rings is 3. The summed E-state index contributed by atoms with van der Waals surface area (Å²) in [7, 11) is -0.569. The van der Waals surface area contributed by atoms with Crippen molar-refractivity contribution in [2.24, 2.45) is 0 Å². The number of alkyl carbamates (subject to hydrolysis) is 1. The van der Waals surface area contributed by atoms with Crippen molar-refractivity contribution < 1.29 is 18.8 Å². The number of ether oxygens (including phenoxy) is 1. The van der Waals surface area contributed by atoms with E-state index in [4.69, 9.17) is 14.0 Å². The van der Waals surface area contributed by atoms with Crippen LogP contribution in [0.3, 0.4) is 0 Å². The largest absolute Gasteiger partial charge is 0.492 e. The van der Waals surface area contributed by atoms with Gasteiger partial charge in [0, 0.05) is 12.5 Å². The van der Waals surface area contributed by atoms with Gasteiger partial charge in [-0.1, -0.05) is 84.4 Å². The van der Waals surface area contributed by atoms with E-state index in [1.54, 1.807) is 0 Å². The van der Waals surface area contributed by atoms with Crippen molar-refractivity contribution >= 4 is 19.3 Å². The van der Waals surface area contributed by atoms with Gasteiger partial charge in [0.2, 0.25) is 0 Å². The summed E-state index contributed by atoms with van der Waals surface area (Å²) in [4.78, 5) is 12.9. The molecule has 1 saturated heterocycles. The van der Waals surface area contributed by atoms with Gasteiger partial charge >= 0.3 is 13.2 Å². The predicted molar refractivity (Wildman–Crippen MR) is 148 cm³/mol. The van der Waals surface area contributed by atoms with Gasteiger partial charge in [-0.3, -0.25) is 0 Å². The number of amides is 1. The van der Waals surface area contributed by atoms with Crippen LogP contribution in [-0.4, -0.2) is 37.6 Å². The third-order valence-corrected chi connectivity index (χ3v) is 7.77. The minimum atomic E-state index is -0.569. The van der Waals surface area contributed by atoms with E-state index in [-0.39, 0.29) is 19.1 Å². The van der Waals surface area contributed by atoms with Gasteiger partial charge in [-0.2, -0.15) is 0 Å². The first-order valence-electron chi connectivity index (χ1n) is 12.9. The van der Waals surface area contributed by atoms with Crippen LogP contribution in [0.2, 0.25) is 0 Å². The van der Waals surface area contributed by atoms with Crippen LogP contribution in [0.25, 0.3) is 17.2 Å². The molecule has 1 amide bonds. The van der Waals surface area contributed by atoms with E-state index in [9.17, 15) is 4.79 Å². The summed E-state index contributed by atoms with van der Waals surface area (Å²) < 4.78 is 18.3. The number of nitrogens with one attached hydrogen (secondary N) is 1. The molecule has 5 nitrogen and oxygen atoms in total. The maximum Gasteiger partial charge on any atom is 0.492 e. The van der Waals surface area contributed by atoms with E-state index in [1.165, 1.54) is 27.8 Å². The maximum absolute atomic E-state index is 12.9. The Hall–Kier alpha value is -3.35. The van der Waals surface area contributed by atoms with E-state index < -0.39 is 24.4 Å². The SMILES string of the molecule is Cc1ccc(C=C(CNC(=O)OCC2c3ccccc3-c3ccccc32)B2OC(C)(C)C(C)(C)O2)cc1. The van der Waals surface area contributed by atoms with Gasteiger partial charge in [-0.15, -0.1) is 0 Å². The first-order valence-corrected chi connectivity index (χ1v) is 12.9. The van der Waals surface area contributed by atoms with Gasteiger partial charge in [0.1, 0.15) is 6.61 Å². The predicted octanol–water partition coefficient (Wildman–Crippen LogP) is 6.55. The second kappa shape index (κ2) is 9.84. The van der Waals surface area contributed by atoms with Gasteiger partial charge in [0.05, 0.1) is 11.2 Å². The van der Waals surface area contributed by atoms with E-state index >= 15 is 0 Å². The van der Waals surface area contributed by atoms with Crippen LogP contribution in [-0.2, 0) is 14.0 Å². The molecular formula is C31H34BNO4. The topological polar surface area (TPSA) is 56.8 Å². The number of rotatable bonds is 6. The molecule has 1 heterocycles. The molecular weight excluding hydrogens is 461 g/mol. The summed E-state index contributed by atoms with van der Waals surface area (Å²) >= 11 is 0. The average molecular weight is 495 g/mol. The van der Waals surface area contributed by atoms with Crippen molar-refractivity contribution in [3.8, 4) is 11.1 Å². The van der Waals surface area contributed by atoms with Crippen molar-refractivity contribution in [1.82, 2.24) is 5.32 Å². The van der Waals surface area contributed by atoms with E-state index in [1.807, 2.05) is 70.2 Å². The molecule has 0 atom stereocenters. The van der Waals surface area contributed by atoms with E-state index in [0.29, 0.717) is 0 Å². The molecule has 2 aliphatic rings. The highest BCUT2D eigenvalue weighted by Crippen LogP contribution is 2.44. The van der Waals surface area contributed by atoms with Crippen LogP contribution in [0.1, 0.15) is 55.9 Å². The zero-order chi connectivity index (χ0) is 26.2. The molecule has 190 valence electrons. The molecule has 0 radical (unpaired) electrons. The minimum absolute atomic E-state index is 0.0174. The van der Waals surface area contributed by atoms with Crippen LogP contribution in [0.15, 0.2) is 78.3 Å². The van der Waals surface area contributed by atoms with Gasteiger partial charge in [-0.25, -0.2) is 4.79 Å². The quantitative estimate of drug-likeness (QED) is 0.394. The Morgan fingerprint density at radius 1 is 0.892 bits per heavy atom. The summed E-state index contributed by atoms with van der Waals surface area (Å²) in [5, 5.41) is 2.93. The number of aryl methyl sites for hydroxylation is 1. The zero-order valence-electron chi connectivity index (χ0n) is 22.2. The van der Waals surface area contributed by atoms with Crippen LogP contribution >= 0.6 is 0 Å². The second-order valence-electron chi connectivity index (χ2n) is 10.9. The molecule has 1 aliphatic heterocycles. The van der Waals surface area contributed by atoms with Gasteiger partial charge in [0.25, 0.3) is 0 Å². The average Bonchev–Trinajstić information content (AvgIpc) is 3.30. The summed E-state index contributed by atoms with van der Waals surface area (Å²) in [6.07, 6.45) is 1.55. The molecule has 0 unspecified atom stereocenters. The molecule has 1 fully saturated rings. The lowest BCUT2D eigenvalue weighted by atomic mass is 9.77. The lowest BCUT2D eigenvalue weighted by molar-refractivity contribution is 0.00578. The molecule has 1 aliphatic carbocycles. The maximum atomic E-state index is 12.9. The summed E-state index contributed by atoms with van der Waals surface area (Å²) in [6, 6.07) is 24.9. The Labute approximate surface area is 220 Å². The second-order valence-corrected chi connectivity index (χ2v) is 10.9. The standard InChI is InChI=1S/C31H34BNO4/c1-21-14-16-22(17-15-21)18-23(32-36-30(2,3)31(4,5)37-32)19-33-29(34)35-20-28-26-12-8-6-10-24(26)25-11-7-9-13-27(25)28/h6-18,28H,19-20H2,1-5H3,(H,33,34). The van der Waals surface area contributed by atoms with Crippen LogP contribution in [0.5, 0.6) is 0 Å². The molecule has 3 aromatic carbocycles. The van der Waals surface area contributed by atoms with Crippen molar-refractivity contribution in [1.29, 1.82) is 0 Å². The molecule has 6 heteroatoms. The third kappa shape index (κ3) is 5.09. The first-order chi connectivity index (χ1) is 17.6. The number of hydrogen-bond acceptors (Lipinski definition) is 4. The molecule has 1 N–H and O–H groups in total. The Morgan fingerprint density at radius 2 is 1.43 bits per heavy atom. The fraction of sp³-hybridized carbons (Fsp3) is 0.323. The van der Waals surface area contributed by atoms with Gasteiger partial charge in [0.15, 0.2) is 0 Å². The number of fused-ring (bicyclic) bond motifs is 3. The molecule has 37 heavy (non-hydrogen) atoms. The van der Waals surface area contributed by atoms with Crippen LogP contribution < -0.4 is 5.32 Å². The van der Waals surface area contributed by atoms with E-state index in [0.717, 1.165) is 11.0 Å². The van der Waals surface area contributed by atoms with Crippen molar-refractivity contribution in [3.05, 3.63) is 101 Å². The molecule has 5 rings (SSSR count). The normalized spacial score (nSPS) is 17.9. The Bertz CT molecular complexity index is 1270. The Balaban J connectivity index is 1.29. The van der Waals surface area contributed by atoms with Crippen LogP contribution in [0, 0.1) is 6.92 Å².